The Kier molecular flexibility index (Phi) is 3.22. The SMILES string of the molecule is CCc1cc([N+](=O)[O-])ccc1OC(=O)O. The maximum absolute atomic E-state index is 10.5. The molecule has 0 radical (unpaired) electrons. The second kappa shape index (κ2) is 4.41. The standard InChI is InChI=1S/C9H9NO5/c1-2-6-5-7(10(13)14)3-4-8(6)15-9(11)12/h3-5H,2H2,1H3,(H,11,12). The zero-order chi connectivity index (χ0) is 11.4. The molecule has 1 rings (SSSR count). The van der Waals surface area contributed by atoms with Gasteiger partial charge in [0, 0.05) is 17.7 Å². The first-order valence-corrected chi connectivity index (χ1v) is 4.22. The zero-order valence-corrected chi connectivity index (χ0v) is 7.97. The van der Waals surface area contributed by atoms with Crippen molar-refractivity contribution in [3.8, 4) is 5.75 Å². The number of non-ortho nitro benzene ring substituents is 1. The molecule has 0 aliphatic carbocycles. The molecule has 6 heteroatoms. The van der Waals surface area contributed by atoms with Gasteiger partial charge < -0.3 is 9.84 Å². The Balaban J connectivity index is 3.08. The van der Waals surface area contributed by atoms with Crippen LogP contribution in [0.5, 0.6) is 5.75 Å². The number of carbonyl (C=O) groups is 1. The molecule has 1 aromatic carbocycles. The van der Waals surface area contributed by atoms with E-state index >= 15 is 0 Å². The van der Waals surface area contributed by atoms with Crippen molar-refractivity contribution in [1.29, 1.82) is 0 Å². The van der Waals surface area contributed by atoms with E-state index in [0.29, 0.717) is 12.0 Å². The normalized spacial score (nSPS) is 9.67. The van der Waals surface area contributed by atoms with Crippen LogP contribution in [-0.2, 0) is 6.42 Å². The summed E-state index contributed by atoms with van der Waals surface area (Å²) < 4.78 is 4.47. The molecule has 0 saturated carbocycles. The van der Waals surface area contributed by atoms with Crippen molar-refractivity contribution in [3.05, 3.63) is 33.9 Å². The molecule has 0 spiro atoms. The summed E-state index contributed by atoms with van der Waals surface area (Å²) in [5.41, 5.74) is 0.413. The van der Waals surface area contributed by atoms with Gasteiger partial charge in [-0.2, -0.15) is 0 Å². The lowest BCUT2D eigenvalue weighted by atomic mass is 10.1. The summed E-state index contributed by atoms with van der Waals surface area (Å²) in [4.78, 5) is 20.2. The highest BCUT2D eigenvalue weighted by Crippen LogP contribution is 2.24. The first-order chi connectivity index (χ1) is 7.04. The number of ether oxygens (including phenoxy) is 1. The van der Waals surface area contributed by atoms with Crippen molar-refractivity contribution in [3.63, 3.8) is 0 Å². The predicted molar refractivity (Wildman–Crippen MR) is 51.1 cm³/mol. The van der Waals surface area contributed by atoms with Crippen molar-refractivity contribution in [2.45, 2.75) is 13.3 Å². The Morgan fingerprint density at radius 3 is 2.73 bits per heavy atom. The van der Waals surface area contributed by atoms with Crippen LogP contribution in [0.25, 0.3) is 0 Å². The molecule has 0 bridgehead atoms. The molecular formula is C9H9NO5. The van der Waals surface area contributed by atoms with E-state index in [4.69, 9.17) is 5.11 Å². The molecular weight excluding hydrogens is 202 g/mol. The number of carboxylic acid groups (broad SMARTS) is 1. The molecule has 15 heavy (non-hydrogen) atoms. The lowest BCUT2D eigenvalue weighted by Gasteiger charge is -2.05. The molecule has 0 fully saturated rings. The zero-order valence-electron chi connectivity index (χ0n) is 7.97. The molecule has 1 N–H and O–H groups in total. The summed E-state index contributed by atoms with van der Waals surface area (Å²) in [7, 11) is 0. The minimum Gasteiger partial charge on any atom is -0.449 e. The number of nitrogens with zero attached hydrogens (tertiary/aromatic N) is 1. The largest absolute Gasteiger partial charge is 0.511 e. The Morgan fingerprint density at radius 1 is 1.60 bits per heavy atom. The number of nitro groups is 1. The van der Waals surface area contributed by atoms with E-state index in [9.17, 15) is 14.9 Å². The van der Waals surface area contributed by atoms with E-state index < -0.39 is 11.1 Å². The van der Waals surface area contributed by atoms with Gasteiger partial charge in [0.15, 0.2) is 0 Å². The van der Waals surface area contributed by atoms with Crippen LogP contribution in [0.1, 0.15) is 12.5 Å². The first kappa shape index (κ1) is 11.0. The monoisotopic (exact) mass is 211 g/mol. The number of rotatable bonds is 3. The van der Waals surface area contributed by atoms with Crippen LogP contribution < -0.4 is 4.74 Å². The molecule has 0 saturated heterocycles. The Bertz CT molecular complexity index is 401. The van der Waals surface area contributed by atoms with Gasteiger partial charge in [0.25, 0.3) is 5.69 Å². The lowest BCUT2D eigenvalue weighted by Crippen LogP contribution is -2.05. The second-order valence-electron chi connectivity index (χ2n) is 2.77. The highest BCUT2D eigenvalue weighted by atomic mass is 16.7. The van der Waals surface area contributed by atoms with E-state index in [-0.39, 0.29) is 11.4 Å². The number of benzene rings is 1. The van der Waals surface area contributed by atoms with Gasteiger partial charge in [0.1, 0.15) is 5.75 Å². The average Bonchev–Trinajstić information content (AvgIpc) is 2.17. The minimum absolute atomic E-state index is 0.0791. The molecule has 0 unspecified atom stereocenters. The number of aryl methyl sites for hydroxylation is 1. The summed E-state index contributed by atoms with van der Waals surface area (Å²) in [5.74, 6) is 0.135. The second-order valence-corrected chi connectivity index (χ2v) is 2.77. The van der Waals surface area contributed by atoms with Gasteiger partial charge in [-0.3, -0.25) is 10.1 Å². The summed E-state index contributed by atoms with van der Waals surface area (Å²) in [6.07, 6.45) is -0.969. The third kappa shape index (κ3) is 2.67. The van der Waals surface area contributed by atoms with Gasteiger partial charge in [-0.05, 0) is 12.5 Å². The maximum atomic E-state index is 10.5. The van der Waals surface area contributed by atoms with Crippen LogP contribution in [0.4, 0.5) is 10.5 Å². The molecule has 0 atom stereocenters. The molecule has 1 aromatic rings. The van der Waals surface area contributed by atoms with Gasteiger partial charge in [0.2, 0.25) is 0 Å². The minimum atomic E-state index is -1.43. The van der Waals surface area contributed by atoms with Crippen LogP contribution in [0, 0.1) is 10.1 Å². The van der Waals surface area contributed by atoms with E-state index in [2.05, 4.69) is 4.74 Å². The van der Waals surface area contributed by atoms with Crippen molar-refractivity contribution >= 4 is 11.8 Å². The van der Waals surface area contributed by atoms with E-state index in [1.54, 1.807) is 6.92 Å². The van der Waals surface area contributed by atoms with Crippen LogP contribution in [0.3, 0.4) is 0 Å². The maximum Gasteiger partial charge on any atom is 0.511 e. The van der Waals surface area contributed by atoms with Crippen molar-refractivity contribution in [2.24, 2.45) is 0 Å². The third-order valence-corrected chi connectivity index (χ3v) is 1.83. The van der Waals surface area contributed by atoms with Crippen LogP contribution >= 0.6 is 0 Å². The lowest BCUT2D eigenvalue weighted by molar-refractivity contribution is -0.384. The summed E-state index contributed by atoms with van der Waals surface area (Å²) in [6, 6.07) is 3.79. The number of hydrogen-bond acceptors (Lipinski definition) is 4. The Hall–Kier alpha value is -2.11. The van der Waals surface area contributed by atoms with E-state index in [0.717, 1.165) is 0 Å². The summed E-state index contributed by atoms with van der Waals surface area (Å²) >= 11 is 0. The van der Waals surface area contributed by atoms with E-state index in [1.807, 2.05) is 0 Å². The molecule has 80 valence electrons. The van der Waals surface area contributed by atoms with Gasteiger partial charge in [-0.1, -0.05) is 6.92 Å². The number of hydrogen-bond donors (Lipinski definition) is 1. The quantitative estimate of drug-likeness (QED) is 0.358. The van der Waals surface area contributed by atoms with Crippen molar-refractivity contribution in [2.75, 3.05) is 0 Å². The summed E-state index contributed by atoms with van der Waals surface area (Å²) in [6.45, 7) is 1.76. The number of nitro benzene ring substituents is 1. The molecule has 0 aromatic heterocycles. The van der Waals surface area contributed by atoms with Gasteiger partial charge >= 0.3 is 6.16 Å². The Morgan fingerprint density at radius 2 is 2.27 bits per heavy atom. The molecule has 6 nitrogen and oxygen atoms in total. The third-order valence-electron chi connectivity index (χ3n) is 1.83. The van der Waals surface area contributed by atoms with Gasteiger partial charge in [-0.15, -0.1) is 0 Å². The van der Waals surface area contributed by atoms with Crippen LogP contribution in [0.2, 0.25) is 0 Å². The fourth-order valence-electron chi connectivity index (χ4n) is 1.15. The van der Waals surface area contributed by atoms with Crippen LogP contribution in [-0.4, -0.2) is 16.2 Å². The highest BCUT2D eigenvalue weighted by Gasteiger charge is 2.12. The molecule has 0 aliphatic heterocycles. The fraction of sp³-hybridized carbons (Fsp3) is 0.222. The van der Waals surface area contributed by atoms with Crippen molar-refractivity contribution in [1.82, 2.24) is 0 Å². The highest BCUT2D eigenvalue weighted by molar-refractivity contribution is 5.62. The molecule has 0 heterocycles. The molecule has 0 amide bonds. The molecule has 0 aliphatic rings. The predicted octanol–water partition coefficient (Wildman–Crippen LogP) is 2.21. The smallest absolute Gasteiger partial charge is 0.449 e. The van der Waals surface area contributed by atoms with Crippen molar-refractivity contribution < 1.29 is 19.6 Å². The first-order valence-electron chi connectivity index (χ1n) is 4.22. The Labute approximate surface area is 85.2 Å². The fourth-order valence-corrected chi connectivity index (χ4v) is 1.15. The van der Waals surface area contributed by atoms with E-state index in [1.165, 1.54) is 18.2 Å². The average molecular weight is 211 g/mol. The summed E-state index contributed by atoms with van der Waals surface area (Å²) in [5, 5.41) is 18.9. The topological polar surface area (TPSA) is 89.7 Å². The van der Waals surface area contributed by atoms with Crippen LogP contribution in [0.15, 0.2) is 18.2 Å². The van der Waals surface area contributed by atoms with Gasteiger partial charge in [-0.25, -0.2) is 4.79 Å². The van der Waals surface area contributed by atoms with Gasteiger partial charge in [0.05, 0.1) is 4.92 Å².